The Kier molecular flexibility index (Phi) is 6.11. The van der Waals surface area contributed by atoms with Crippen molar-refractivity contribution in [2.45, 2.75) is 6.54 Å². The Morgan fingerprint density at radius 1 is 1.07 bits per heavy atom. The lowest BCUT2D eigenvalue weighted by Crippen LogP contribution is -2.28. The molecule has 2 heterocycles. The van der Waals surface area contributed by atoms with Crippen molar-refractivity contribution in [3.05, 3.63) is 99.6 Å². The van der Waals surface area contributed by atoms with Crippen LogP contribution < -0.4 is 0 Å². The number of hydrogen-bond donors (Lipinski definition) is 0. The Morgan fingerprint density at radius 2 is 1.80 bits per heavy atom. The topological polar surface area (TPSA) is 58.2 Å². The molecule has 1 fully saturated rings. The van der Waals surface area contributed by atoms with Crippen molar-refractivity contribution in [1.82, 2.24) is 4.90 Å². The third-order valence-corrected chi connectivity index (χ3v) is 5.42. The average Bonchev–Trinajstić information content (AvgIpc) is 3.35. The molecule has 0 bridgehead atoms. The first-order chi connectivity index (χ1) is 14.6. The van der Waals surface area contributed by atoms with Crippen LogP contribution in [0.15, 0.2) is 86.5 Å². The zero-order valence-corrected chi connectivity index (χ0v) is 17.1. The van der Waals surface area contributed by atoms with Gasteiger partial charge >= 0.3 is 0 Å². The Labute approximate surface area is 181 Å². The van der Waals surface area contributed by atoms with Crippen LogP contribution in [-0.2, 0) is 11.3 Å². The highest BCUT2D eigenvalue weighted by Crippen LogP contribution is 2.33. The van der Waals surface area contributed by atoms with Crippen LogP contribution in [0, 0.1) is 5.82 Å². The molecular weight excluding hydrogens is 425 g/mol. The van der Waals surface area contributed by atoms with E-state index in [0.717, 1.165) is 11.1 Å². The second-order valence-electron chi connectivity index (χ2n) is 6.31. The summed E-state index contributed by atoms with van der Waals surface area (Å²) in [4.78, 5) is 14.9. The van der Waals surface area contributed by atoms with Crippen LogP contribution in [0.2, 0.25) is 5.02 Å². The van der Waals surface area contributed by atoms with Crippen LogP contribution >= 0.6 is 23.4 Å². The fraction of sp³-hybridized carbons (Fsp3) is 0.0455. The standard InChI is InChI=1S/C22H15ClFN3O2S/c23-17-7-3-16(4-8-17)13-25-26-22-27(14-19-2-1-11-29-19)21(28)20(30-22)12-15-5-9-18(24)10-6-15/h1-13H,14H2/b20-12-,25-13-,26-22+. The van der Waals surface area contributed by atoms with Gasteiger partial charge in [0.25, 0.3) is 5.91 Å². The summed E-state index contributed by atoms with van der Waals surface area (Å²) >= 11 is 7.09. The number of amides is 1. The van der Waals surface area contributed by atoms with Gasteiger partial charge in [0.15, 0.2) is 5.17 Å². The highest BCUT2D eigenvalue weighted by atomic mass is 35.5. The Morgan fingerprint density at radius 3 is 2.50 bits per heavy atom. The maximum Gasteiger partial charge on any atom is 0.267 e. The van der Waals surface area contributed by atoms with Gasteiger partial charge in [-0.2, -0.15) is 5.10 Å². The molecule has 5 nitrogen and oxygen atoms in total. The molecule has 1 aliphatic rings. The van der Waals surface area contributed by atoms with Crippen LogP contribution in [0.4, 0.5) is 4.39 Å². The number of rotatable bonds is 5. The van der Waals surface area contributed by atoms with Crippen molar-refractivity contribution >= 4 is 46.7 Å². The summed E-state index contributed by atoms with van der Waals surface area (Å²) in [5.74, 6) is 0.0725. The van der Waals surface area contributed by atoms with Crippen LogP contribution in [0.1, 0.15) is 16.9 Å². The van der Waals surface area contributed by atoms with Gasteiger partial charge in [0.1, 0.15) is 11.6 Å². The van der Waals surface area contributed by atoms with E-state index in [1.165, 1.54) is 28.8 Å². The minimum Gasteiger partial charge on any atom is -0.467 e. The van der Waals surface area contributed by atoms with Gasteiger partial charge in [-0.05, 0) is 65.4 Å². The summed E-state index contributed by atoms with van der Waals surface area (Å²) in [5, 5.41) is 9.42. The molecule has 1 saturated heterocycles. The quantitative estimate of drug-likeness (QED) is 0.296. The third kappa shape index (κ3) is 4.87. The van der Waals surface area contributed by atoms with Crippen LogP contribution in [0.25, 0.3) is 6.08 Å². The molecule has 1 amide bonds. The van der Waals surface area contributed by atoms with Crippen molar-refractivity contribution in [2.24, 2.45) is 10.2 Å². The lowest BCUT2D eigenvalue weighted by molar-refractivity contribution is -0.122. The first-order valence-electron chi connectivity index (χ1n) is 8.94. The Bertz CT molecular complexity index is 1120. The van der Waals surface area contributed by atoms with E-state index >= 15 is 0 Å². The summed E-state index contributed by atoms with van der Waals surface area (Å²) in [7, 11) is 0. The minimum atomic E-state index is -0.333. The molecule has 30 heavy (non-hydrogen) atoms. The van der Waals surface area contributed by atoms with Gasteiger partial charge in [0.05, 0.1) is 23.9 Å². The largest absolute Gasteiger partial charge is 0.467 e. The molecule has 4 rings (SSSR count). The number of furan rings is 1. The molecule has 1 aromatic heterocycles. The molecule has 0 spiro atoms. The van der Waals surface area contributed by atoms with Crippen molar-refractivity contribution in [2.75, 3.05) is 0 Å². The predicted octanol–water partition coefficient (Wildman–Crippen LogP) is 5.58. The number of amidine groups is 1. The second-order valence-corrected chi connectivity index (χ2v) is 7.76. The first kappa shape index (κ1) is 20.1. The van der Waals surface area contributed by atoms with E-state index in [1.807, 2.05) is 12.1 Å². The van der Waals surface area contributed by atoms with E-state index in [1.54, 1.807) is 55.0 Å². The number of nitrogens with zero attached hydrogens (tertiary/aromatic N) is 3. The Hall–Kier alpha value is -3.16. The van der Waals surface area contributed by atoms with E-state index in [0.29, 0.717) is 20.9 Å². The summed E-state index contributed by atoms with van der Waals surface area (Å²) < 4.78 is 18.5. The maximum atomic E-state index is 13.2. The van der Waals surface area contributed by atoms with Gasteiger partial charge in [0.2, 0.25) is 0 Å². The van der Waals surface area contributed by atoms with E-state index in [9.17, 15) is 9.18 Å². The number of thioether (sulfide) groups is 1. The molecular formula is C22H15ClFN3O2S. The van der Waals surface area contributed by atoms with Crippen molar-refractivity contribution < 1.29 is 13.6 Å². The van der Waals surface area contributed by atoms with Crippen LogP contribution in [0.5, 0.6) is 0 Å². The fourth-order valence-corrected chi connectivity index (χ4v) is 3.75. The third-order valence-electron chi connectivity index (χ3n) is 4.17. The predicted molar refractivity (Wildman–Crippen MR) is 118 cm³/mol. The summed E-state index contributed by atoms with van der Waals surface area (Å²) in [6.07, 6.45) is 4.84. The van der Waals surface area contributed by atoms with Crippen molar-refractivity contribution in [1.29, 1.82) is 0 Å². The lowest BCUT2D eigenvalue weighted by Gasteiger charge is -2.12. The van der Waals surface area contributed by atoms with Gasteiger partial charge in [0, 0.05) is 5.02 Å². The van der Waals surface area contributed by atoms with Gasteiger partial charge in [-0.25, -0.2) is 4.39 Å². The monoisotopic (exact) mass is 439 g/mol. The number of benzene rings is 2. The van der Waals surface area contributed by atoms with Crippen molar-refractivity contribution in [3.63, 3.8) is 0 Å². The Balaban J connectivity index is 1.60. The molecule has 0 N–H and O–H groups in total. The molecule has 0 radical (unpaired) electrons. The highest BCUT2D eigenvalue weighted by Gasteiger charge is 2.34. The maximum absolute atomic E-state index is 13.2. The summed E-state index contributed by atoms with van der Waals surface area (Å²) in [6, 6.07) is 16.6. The average molecular weight is 440 g/mol. The van der Waals surface area contributed by atoms with Gasteiger partial charge in [-0.1, -0.05) is 35.9 Å². The number of hydrogen-bond acceptors (Lipinski definition) is 5. The molecule has 0 atom stereocenters. The molecule has 3 aromatic rings. The lowest BCUT2D eigenvalue weighted by atomic mass is 10.2. The number of carbonyl (C=O) groups excluding carboxylic acids is 1. The minimum absolute atomic E-state index is 0.221. The first-order valence-corrected chi connectivity index (χ1v) is 10.1. The van der Waals surface area contributed by atoms with Gasteiger partial charge < -0.3 is 4.42 Å². The second kappa shape index (κ2) is 9.11. The highest BCUT2D eigenvalue weighted by molar-refractivity contribution is 8.18. The number of halogens is 2. The van der Waals surface area contributed by atoms with E-state index in [4.69, 9.17) is 16.0 Å². The summed E-state index contributed by atoms with van der Waals surface area (Å²) in [5.41, 5.74) is 1.55. The smallest absolute Gasteiger partial charge is 0.267 e. The van der Waals surface area contributed by atoms with E-state index < -0.39 is 0 Å². The van der Waals surface area contributed by atoms with E-state index in [-0.39, 0.29) is 18.3 Å². The van der Waals surface area contributed by atoms with Crippen LogP contribution in [-0.4, -0.2) is 22.2 Å². The van der Waals surface area contributed by atoms with E-state index in [2.05, 4.69) is 10.2 Å². The van der Waals surface area contributed by atoms with Gasteiger partial charge in [-0.3, -0.25) is 9.69 Å². The van der Waals surface area contributed by atoms with Crippen LogP contribution in [0.3, 0.4) is 0 Å². The van der Waals surface area contributed by atoms with Gasteiger partial charge in [-0.15, -0.1) is 5.10 Å². The summed E-state index contributed by atoms with van der Waals surface area (Å²) in [6.45, 7) is 0.231. The zero-order valence-electron chi connectivity index (χ0n) is 15.5. The van der Waals surface area contributed by atoms with Crippen molar-refractivity contribution in [3.8, 4) is 0 Å². The zero-order chi connectivity index (χ0) is 20.9. The molecule has 1 aliphatic heterocycles. The normalized spacial score (nSPS) is 17.0. The fourth-order valence-electron chi connectivity index (χ4n) is 2.68. The molecule has 150 valence electrons. The molecule has 0 saturated carbocycles. The SMILES string of the molecule is O=C1/C(=C/c2ccc(F)cc2)S/C(=N/N=C\c2ccc(Cl)cc2)N1Cc1ccco1. The molecule has 0 aliphatic carbocycles. The number of carbonyl (C=O) groups is 1. The molecule has 2 aromatic carbocycles. The molecule has 0 unspecified atom stereocenters. The molecule has 8 heteroatoms.